The maximum Gasteiger partial charge on any atom is 0.328 e. The predicted octanol–water partition coefficient (Wildman–Crippen LogP) is 0.397. The number of carbonyl (C=O) groups excluding carboxylic acids is 2. The maximum absolute atomic E-state index is 11.5. The van der Waals surface area contributed by atoms with Crippen molar-refractivity contribution in [2.24, 2.45) is 0 Å². The van der Waals surface area contributed by atoms with Crippen molar-refractivity contribution in [3.8, 4) is 0 Å². The molecule has 0 saturated heterocycles. The molecule has 1 aromatic rings. The number of nitrogens with one attached hydrogen (secondary N) is 2. The second-order valence-electron chi connectivity index (χ2n) is 3.48. The van der Waals surface area contributed by atoms with Crippen molar-refractivity contribution in [1.82, 2.24) is 10.9 Å². The monoisotopic (exact) mass is 248 g/mol. The van der Waals surface area contributed by atoms with E-state index in [0.29, 0.717) is 11.6 Å². The Bertz CT molecular complexity index is 491. The van der Waals surface area contributed by atoms with Crippen molar-refractivity contribution < 1.29 is 19.5 Å². The van der Waals surface area contributed by atoms with E-state index in [4.69, 9.17) is 5.11 Å². The molecule has 94 valence electrons. The van der Waals surface area contributed by atoms with Crippen LogP contribution in [0.3, 0.4) is 0 Å². The molecule has 0 heterocycles. The average Bonchev–Trinajstić information content (AvgIpc) is 2.34. The molecule has 0 fully saturated rings. The van der Waals surface area contributed by atoms with Crippen LogP contribution in [-0.4, -0.2) is 22.9 Å². The molecule has 0 aromatic heterocycles. The first-order chi connectivity index (χ1) is 8.49. The van der Waals surface area contributed by atoms with E-state index in [1.165, 1.54) is 0 Å². The van der Waals surface area contributed by atoms with Crippen LogP contribution in [0.5, 0.6) is 0 Å². The molecule has 0 spiro atoms. The number of benzene rings is 1. The third kappa shape index (κ3) is 4.48. The quantitative estimate of drug-likeness (QED) is 0.533. The highest BCUT2D eigenvalue weighted by atomic mass is 16.4. The first-order valence-corrected chi connectivity index (χ1v) is 5.07. The number of hydrazine groups is 1. The highest BCUT2D eigenvalue weighted by Crippen LogP contribution is 2.02. The smallest absolute Gasteiger partial charge is 0.328 e. The average molecular weight is 248 g/mol. The molecular weight excluding hydrogens is 236 g/mol. The Morgan fingerprint density at radius 1 is 1.06 bits per heavy atom. The SMILES string of the molecule is Cc1ccc(C(=O)NNC(=O)C=CC(=O)O)cc1. The van der Waals surface area contributed by atoms with Gasteiger partial charge in [0.2, 0.25) is 0 Å². The molecule has 3 N–H and O–H groups in total. The first kappa shape index (κ1) is 13.4. The Labute approximate surface area is 103 Å². The zero-order valence-electron chi connectivity index (χ0n) is 9.64. The molecule has 6 nitrogen and oxygen atoms in total. The van der Waals surface area contributed by atoms with Gasteiger partial charge in [-0.2, -0.15) is 0 Å². The lowest BCUT2D eigenvalue weighted by Gasteiger charge is -2.05. The van der Waals surface area contributed by atoms with E-state index in [1.54, 1.807) is 24.3 Å². The molecule has 0 aliphatic rings. The van der Waals surface area contributed by atoms with Gasteiger partial charge >= 0.3 is 5.97 Å². The van der Waals surface area contributed by atoms with E-state index in [2.05, 4.69) is 10.9 Å². The summed E-state index contributed by atoms with van der Waals surface area (Å²) in [6.07, 6.45) is 1.48. The Kier molecular flexibility index (Phi) is 4.62. The zero-order chi connectivity index (χ0) is 13.5. The van der Waals surface area contributed by atoms with Gasteiger partial charge in [-0.3, -0.25) is 20.4 Å². The number of aryl methyl sites for hydroxylation is 1. The Balaban J connectivity index is 2.49. The van der Waals surface area contributed by atoms with Crippen LogP contribution in [0.1, 0.15) is 15.9 Å². The lowest BCUT2D eigenvalue weighted by atomic mass is 10.1. The number of carbonyl (C=O) groups is 3. The fourth-order valence-electron chi connectivity index (χ4n) is 1.08. The van der Waals surface area contributed by atoms with Gasteiger partial charge in [0.15, 0.2) is 0 Å². The van der Waals surface area contributed by atoms with Gasteiger partial charge in [-0.05, 0) is 19.1 Å². The molecule has 1 aromatic carbocycles. The molecule has 1 rings (SSSR count). The number of hydrogen-bond acceptors (Lipinski definition) is 3. The van der Waals surface area contributed by atoms with Crippen LogP contribution in [0.25, 0.3) is 0 Å². The van der Waals surface area contributed by atoms with E-state index in [0.717, 1.165) is 11.6 Å². The van der Waals surface area contributed by atoms with Gasteiger partial charge in [-0.1, -0.05) is 17.7 Å². The molecule has 0 saturated carbocycles. The number of hydrogen-bond donors (Lipinski definition) is 3. The van der Waals surface area contributed by atoms with E-state index in [-0.39, 0.29) is 0 Å². The molecule has 6 heteroatoms. The number of carboxylic acids is 1. The summed E-state index contributed by atoms with van der Waals surface area (Å²) in [4.78, 5) is 32.7. The standard InChI is InChI=1S/C12H12N2O4/c1-8-2-4-9(5-3-8)12(18)14-13-10(15)6-7-11(16)17/h2-7H,1H3,(H,13,15)(H,14,18)(H,16,17). The van der Waals surface area contributed by atoms with Crippen LogP contribution in [0.2, 0.25) is 0 Å². The molecular formula is C12H12N2O4. The Morgan fingerprint density at radius 3 is 2.22 bits per heavy atom. The number of aliphatic carboxylic acids is 1. The fraction of sp³-hybridized carbons (Fsp3) is 0.0833. The molecule has 2 amide bonds. The van der Waals surface area contributed by atoms with Crippen molar-refractivity contribution in [2.75, 3.05) is 0 Å². The van der Waals surface area contributed by atoms with Gasteiger partial charge in [0, 0.05) is 17.7 Å². The van der Waals surface area contributed by atoms with Crippen molar-refractivity contribution in [2.45, 2.75) is 6.92 Å². The van der Waals surface area contributed by atoms with E-state index in [9.17, 15) is 14.4 Å². The number of carboxylic acid groups (broad SMARTS) is 1. The van der Waals surface area contributed by atoms with E-state index in [1.807, 2.05) is 6.92 Å². The summed E-state index contributed by atoms with van der Waals surface area (Å²) in [7, 11) is 0. The van der Waals surface area contributed by atoms with Crippen LogP contribution in [0.4, 0.5) is 0 Å². The highest BCUT2D eigenvalue weighted by molar-refractivity contribution is 5.98. The van der Waals surface area contributed by atoms with Gasteiger partial charge in [0.25, 0.3) is 11.8 Å². The van der Waals surface area contributed by atoms with Gasteiger partial charge < -0.3 is 5.11 Å². The summed E-state index contributed by atoms with van der Waals surface area (Å²) in [6, 6.07) is 6.76. The minimum absolute atomic E-state index is 0.392. The minimum atomic E-state index is -1.24. The van der Waals surface area contributed by atoms with Crippen molar-refractivity contribution >= 4 is 17.8 Å². The topological polar surface area (TPSA) is 95.5 Å². The lowest BCUT2D eigenvalue weighted by Crippen LogP contribution is -2.40. The van der Waals surface area contributed by atoms with Gasteiger partial charge in [-0.15, -0.1) is 0 Å². The summed E-state index contributed by atoms with van der Waals surface area (Å²) in [5.74, 6) is -2.44. The number of amides is 2. The van der Waals surface area contributed by atoms with E-state index < -0.39 is 17.8 Å². The van der Waals surface area contributed by atoms with Crippen molar-refractivity contribution in [3.05, 3.63) is 47.5 Å². The van der Waals surface area contributed by atoms with Crippen LogP contribution in [-0.2, 0) is 9.59 Å². The summed E-state index contributed by atoms with van der Waals surface area (Å²) < 4.78 is 0. The predicted molar refractivity (Wildman–Crippen MR) is 63.6 cm³/mol. The van der Waals surface area contributed by atoms with Gasteiger partial charge in [0.1, 0.15) is 0 Å². The molecule has 0 unspecified atom stereocenters. The van der Waals surface area contributed by atoms with Crippen LogP contribution < -0.4 is 10.9 Å². The number of rotatable bonds is 3. The highest BCUT2D eigenvalue weighted by Gasteiger charge is 2.05. The fourth-order valence-corrected chi connectivity index (χ4v) is 1.08. The van der Waals surface area contributed by atoms with Crippen LogP contribution >= 0.6 is 0 Å². The molecule has 18 heavy (non-hydrogen) atoms. The molecule has 0 atom stereocenters. The molecule has 0 bridgehead atoms. The second-order valence-corrected chi connectivity index (χ2v) is 3.48. The largest absolute Gasteiger partial charge is 0.478 e. The van der Waals surface area contributed by atoms with Gasteiger partial charge in [-0.25, -0.2) is 4.79 Å². The van der Waals surface area contributed by atoms with Crippen molar-refractivity contribution in [1.29, 1.82) is 0 Å². The summed E-state index contributed by atoms with van der Waals surface area (Å²) in [5, 5.41) is 8.29. The third-order valence-corrected chi connectivity index (χ3v) is 1.99. The Morgan fingerprint density at radius 2 is 1.67 bits per heavy atom. The Hall–Kier alpha value is -2.63. The van der Waals surface area contributed by atoms with Crippen molar-refractivity contribution in [3.63, 3.8) is 0 Å². The molecule has 0 radical (unpaired) electrons. The lowest BCUT2D eigenvalue weighted by molar-refractivity contribution is -0.131. The summed E-state index contributed by atoms with van der Waals surface area (Å²) in [5.41, 5.74) is 5.63. The minimum Gasteiger partial charge on any atom is -0.478 e. The summed E-state index contributed by atoms with van der Waals surface area (Å²) >= 11 is 0. The van der Waals surface area contributed by atoms with Crippen LogP contribution in [0, 0.1) is 6.92 Å². The van der Waals surface area contributed by atoms with Crippen LogP contribution in [0.15, 0.2) is 36.4 Å². The summed E-state index contributed by atoms with van der Waals surface area (Å²) in [6.45, 7) is 1.89. The van der Waals surface area contributed by atoms with E-state index >= 15 is 0 Å². The second kappa shape index (κ2) is 6.19. The normalized spacial score (nSPS) is 10.1. The first-order valence-electron chi connectivity index (χ1n) is 5.07. The maximum atomic E-state index is 11.5. The zero-order valence-corrected chi connectivity index (χ0v) is 9.64. The molecule has 0 aliphatic carbocycles. The molecule has 0 aliphatic heterocycles. The van der Waals surface area contributed by atoms with Gasteiger partial charge in [0.05, 0.1) is 0 Å². The third-order valence-electron chi connectivity index (χ3n) is 1.99.